The lowest BCUT2D eigenvalue weighted by atomic mass is 9.77. The summed E-state index contributed by atoms with van der Waals surface area (Å²) in [4.78, 5) is 56.1. The van der Waals surface area contributed by atoms with Gasteiger partial charge in [-0.05, 0) is 87.0 Å². The Morgan fingerprint density at radius 1 is 0.976 bits per heavy atom. The van der Waals surface area contributed by atoms with Crippen molar-refractivity contribution in [1.29, 1.82) is 0 Å². The lowest BCUT2D eigenvalue weighted by molar-refractivity contribution is -0.139. The van der Waals surface area contributed by atoms with Crippen LogP contribution in [0.15, 0.2) is 18.2 Å². The van der Waals surface area contributed by atoms with Crippen LogP contribution in [0.2, 0.25) is 0 Å². The van der Waals surface area contributed by atoms with E-state index in [-0.39, 0.29) is 35.7 Å². The maximum Gasteiger partial charge on any atom is 0.255 e. The minimum atomic E-state index is -0.603. The average Bonchev–Trinajstić information content (AvgIpc) is 3.62. The number of nitrogens with zero attached hydrogens (tertiary/aromatic N) is 3. The van der Waals surface area contributed by atoms with Crippen LogP contribution in [0.5, 0.6) is 5.75 Å². The van der Waals surface area contributed by atoms with Crippen LogP contribution in [0.3, 0.4) is 0 Å². The molecule has 4 aliphatic heterocycles. The third kappa shape index (κ3) is 5.04. The van der Waals surface area contributed by atoms with Gasteiger partial charge in [0.05, 0.1) is 0 Å². The molecule has 0 radical (unpaired) electrons. The fourth-order valence-corrected chi connectivity index (χ4v) is 7.91. The van der Waals surface area contributed by atoms with Gasteiger partial charge in [0.15, 0.2) is 0 Å². The summed E-state index contributed by atoms with van der Waals surface area (Å²) in [5.74, 6) is 1.79. The fraction of sp³-hybridized carbons (Fsp3) is 0.688. The Morgan fingerprint density at radius 3 is 2.46 bits per heavy atom. The van der Waals surface area contributed by atoms with Gasteiger partial charge in [-0.15, -0.1) is 0 Å². The van der Waals surface area contributed by atoms with Gasteiger partial charge in [-0.2, -0.15) is 0 Å². The molecule has 0 spiro atoms. The highest BCUT2D eigenvalue weighted by atomic mass is 16.5. The first-order chi connectivity index (χ1) is 19.8. The molecule has 1 aromatic carbocycles. The molecular weight excluding hydrogens is 520 g/mol. The Kier molecular flexibility index (Phi) is 6.83. The van der Waals surface area contributed by atoms with Crippen LogP contribution in [-0.2, 0) is 20.9 Å². The number of hydrogen-bond acceptors (Lipinski definition) is 6. The Morgan fingerprint density at radius 2 is 1.73 bits per heavy atom. The van der Waals surface area contributed by atoms with Crippen molar-refractivity contribution in [2.75, 3.05) is 26.2 Å². The summed E-state index contributed by atoms with van der Waals surface area (Å²) in [5.41, 5.74) is 1.44. The number of carbonyl (C=O) groups is 4. The van der Waals surface area contributed by atoms with E-state index in [9.17, 15) is 19.2 Å². The van der Waals surface area contributed by atoms with Crippen molar-refractivity contribution in [3.05, 3.63) is 29.3 Å². The maximum atomic E-state index is 13.1. The monoisotopic (exact) mass is 562 g/mol. The molecule has 4 heterocycles. The largest absolute Gasteiger partial charge is 0.489 e. The minimum Gasteiger partial charge on any atom is -0.489 e. The van der Waals surface area contributed by atoms with E-state index in [1.165, 1.54) is 6.42 Å². The number of rotatable bonds is 6. The first-order valence-electron chi connectivity index (χ1n) is 15.8. The van der Waals surface area contributed by atoms with Gasteiger partial charge < -0.3 is 14.5 Å². The van der Waals surface area contributed by atoms with Crippen LogP contribution >= 0.6 is 0 Å². The number of carbonyl (C=O) groups excluding carboxylic acids is 4. The first-order valence-corrected chi connectivity index (χ1v) is 15.8. The topological polar surface area (TPSA) is 99.3 Å². The van der Waals surface area contributed by atoms with Crippen LogP contribution in [0, 0.1) is 17.3 Å². The normalized spacial score (nSPS) is 30.6. The van der Waals surface area contributed by atoms with E-state index >= 15 is 0 Å². The number of imide groups is 1. The number of nitrogens with one attached hydrogen (secondary N) is 1. The van der Waals surface area contributed by atoms with Crippen molar-refractivity contribution in [2.24, 2.45) is 17.3 Å². The van der Waals surface area contributed by atoms with Gasteiger partial charge in [-0.3, -0.25) is 29.4 Å². The smallest absolute Gasteiger partial charge is 0.255 e. The van der Waals surface area contributed by atoms with Gasteiger partial charge >= 0.3 is 0 Å². The van der Waals surface area contributed by atoms with Gasteiger partial charge in [0.25, 0.3) is 5.91 Å². The average molecular weight is 563 g/mol. The molecule has 9 nitrogen and oxygen atoms in total. The van der Waals surface area contributed by atoms with Crippen molar-refractivity contribution in [3.8, 4) is 5.75 Å². The molecule has 1 aromatic rings. The number of piperidine rings is 2. The second-order valence-electron chi connectivity index (χ2n) is 13.6. The van der Waals surface area contributed by atoms with E-state index in [1.54, 1.807) is 4.90 Å². The van der Waals surface area contributed by atoms with Crippen molar-refractivity contribution in [3.63, 3.8) is 0 Å². The van der Waals surface area contributed by atoms with E-state index in [4.69, 9.17) is 4.74 Å². The van der Waals surface area contributed by atoms with Crippen LogP contribution < -0.4 is 10.1 Å². The van der Waals surface area contributed by atoms with Crippen molar-refractivity contribution in [1.82, 2.24) is 20.0 Å². The molecule has 6 aliphatic rings. The first kappa shape index (κ1) is 26.9. The SMILES string of the molecule is CC1(C(=O)N2CCC(C3CN([C@H]4CCCCC4Oc4ccc5c(c4)CN(C4CCC(=O)NC4=O)C5=O)C3)CC2)CC1. The number of fused-ring (bicyclic) bond motifs is 1. The molecular formula is C32H42N4O5. The predicted octanol–water partition coefficient (Wildman–Crippen LogP) is 3.11. The molecule has 2 saturated carbocycles. The van der Waals surface area contributed by atoms with Crippen LogP contribution in [-0.4, -0.2) is 82.7 Å². The van der Waals surface area contributed by atoms with E-state index in [2.05, 4.69) is 22.0 Å². The molecule has 9 heteroatoms. The molecule has 0 bridgehead atoms. The zero-order valence-electron chi connectivity index (χ0n) is 24.1. The molecule has 3 atom stereocenters. The van der Waals surface area contributed by atoms with Crippen LogP contribution in [0.25, 0.3) is 0 Å². The van der Waals surface area contributed by atoms with Gasteiger partial charge in [0, 0.05) is 56.2 Å². The summed E-state index contributed by atoms with van der Waals surface area (Å²) in [6, 6.07) is 5.50. The molecule has 0 aromatic heterocycles. The Bertz CT molecular complexity index is 1250. The molecule has 4 amide bonds. The predicted molar refractivity (Wildman–Crippen MR) is 151 cm³/mol. The zero-order valence-corrected chi connectivity index (χ0v) is 24.1. The third-order valence-electron chi connectivity index (χ3n) is 10.9. The number of likely N-dealkylation sites (tertiary alicyclic amines) is 2. The zero-order chi connectivity index (χ0) is 28.3. The third-order valence-corrected chi connectivity index (χ3v) is 10.9. The number of hydrogen-bond donors (Lipinski definition) is 1. The Balaban J connectivity index is 0.940. The second-order valence-corrected chi connectivity index (χ2v) is 13.6. The van der Waals surface area contributed by atoms with Crippen molar-refractivity contribution >= 4 is 23.6 Å². The lowest BCUT2D eigenvalue weighted by Gasteiger charge is -2.51. The molecule has 1 N–H and O–H groups in total. The number of amides is 4. The quantitative estimate of drug-likeness (QED) is 0.535. The molecule has 3 saturated heterocycles. The Hall–Kier alpha value is -2.94. The van der Waals surface area contributed by atoms with E-state index in [0.29, 0.717) is 36.4 Å². The van der Waals surface area contributed by atoms with E-state index in [1.807, 2.05) is 18.2 Å². The van der Waals surface area contributed by atoms with Crippen LogP contribution in [0.4, 0.5) is 0 Å². The minimum absolute atomic E-state index is 0.0581. The summed E-state index contributed by atoms with van der Waals surface area (Å²) >= 11 is 0. The highest BCUT2D eigenvalue weighted by molar-refractivity contribution is 6.05. The molecule has 220 valence electrons. The second kappa shape index (κ2) is 10.4. The maximum absolute atomic E-state index is 13.1. The fourth-order valence-electron chi connectivity index (χ4n) is 7.91. The summed E-state index contributed by atoms with van der Waals surface area (Å²) in [6.07, 6.45) is 9.69. The molecule has 2 unspecified atom stereocenters. The highest BCUT2D eigenvalue weighted by Crippen LogP contribution is 2.47. The summed E-state index contributed by atoms with van der Waals surface area (Å²) in [6.45, 7) is 6.58. The number of ether oxygens (including phenoxy) is 1. The van der Waals surface area contributed by atoms with Crippen LogP contribution in [0.1, 0.15) is 87.1 Å². The molecule has 7 rings (SSSR count). The summed E-state index contributed by atoms with van der Waals surface area (Å²) in [5, 5.41) is 2.37. The van der Waals surface area contributed by atoms with Gasteiger partial charge in [-0.25, -0.2) is 0 Å². The van der Waals surface area contributed by atoms with Crippen molar-refractivity contribution < 1.29 is 23.9 Å². The lowest BCUT2D eigenvalue weighted by Crippen LogP contribution is -2.60. The van der Waals surface area contributed by atoms with E-state index < -0.39 is 6.04 Å². The summed E-state index contributed by atoms with van der Waals surface area (Å²) in [7, 11) is 0. The highest BCUT2D eigenvalue weighted by Gasteiger charge is 2.48. The van der Waals surface area contributed by atoms with E-state index in [0.717, 1.165) is 88.4 Å². The van der Waals surface area contributed by atoms with Gasteiger partial charge in [0.1, 0.15) is 17.9 Å². The van der Waals surface area contributed by atoms with Gasteiger partial charge in [-0.1, -0.05) is 13.3 Å². The Labute approximate surface area is 241 Å². The van der Waals surface area contributed by atoms with Crippen molar-refractivity contribution in [2.45, 2.75) is 95.9 Å². The summed E-state index contributed by atoms with van der Waals surface area (Å²) < 4.78 is 6.62. The molecule has 2 aliphatic carbocycles. The molecule has 41 heavy (non-hydrogen) atoms. The van der Waals surface area contributed by atoms with Gasteiger partial charge in [0.2, 0.25) is 17.7 Å². The molecule has 5 fully saturated rings. The number of benzene rings is 1. The standard InChI is InChI=1S/C32H42N4O5/c1-32(12-13-32)31(40)34-14-10-20(11-15-34)22-17-35(18-22)25-4-2-3-5-27(25)41-23-6-7-24-21(16-23)19-36(30(24)39)26-8-9-28(37)33-29(26)38/h6-7,16,20,22,25-27H,2-5,8-15,17-19H2,1H3,(H,33,37,38)/t25-,26?,27?/m0/s1.